The van der Waals surface area contributed by atoms with Crippen molar-refractivity contribution >= 4 is 13.6 Å². The molecule has 0 radical (unpaired) electrons. The van der Waals surface area contributed by atoms with Gasteiger partial charge in [0.25, 0.3) is 0 Å². The fraction of sp³-hybridized carbons (Fsp3) is 0.786. The van der Waals surface area contributed by atoms with Gasteiger partial charge in [0.15, 0.2) is 5.34 Å². The van der Waals surface area contributed by atoms with E-state index in [1.54, 1.807) is 20.8 Å². The van der Waals surface area contributed by atoms with Crippen molar-refractivity contribution in [1.82, 2.24) is 0 Å². The van der Waals surface area contributed by atoms with Gasteiger partial charge in [0.05, 0.1) is 6.10 Å². The Kier molecular flexibility index (Phi) is 6.83. The van der Waals surface area contributed by atoms with Crippen LogP contribution in [0.25, 0.3) is 0 Å². The molecule has 6 nitrogen and oxygen atoms in total. The fourth-order valence-corrected chi connectivity index (χ4v) is 2.10. The molecule has 2 N–H and O–H groups in total. The van der Waals surface area contributed by atoms with Crippen molar-refractivity contribution in [1.29, 1.82) is 0 Å². The first-order chi connectivity index (χ1) is 9.24. The summed E-state index contributed by atoms with van der Waals surface area (Å²) >= 11 is 0. The van der Waals surface area contributed by atoms with Crippen LogP contribution in [-0.2, 0) is 18.8 Å². The zero-order valence-electron chi connectivity index (χ0n) is 13.7. The van der Waals surface area contributed by atoms with Crippen LogP contribution in [0.4, 0.5) is 0 Å². The molecule has 0 aliphatic rings. The molecule has 0 bridgehead atoms. The van der Waals surface area contributed by atoms with E-state index < -0.39 is 30.6 Å². The number of carbonyl (C=O) groups is 1. The largest absolute Gasteiger partial charge is 0.456 e. The average Bonchev–Trinajstić information content (AvgIpc) is 2.25. The summed E-state index contributed by atoms with van der Waals surface area (Å²) < 4.78 is 22.2. The van der Waals surface area contributed by atoms with Gasteiger partial charge < -0.3 is 19.3 Å². The molecule has 0 heterocycles. The van der Waals surface area contributed by atoms with E-state index in [1.165, 1.54) is 13.8 Å². The normalized spacial score (nSPS) is 17.0. The van der Waals surface area contributed by atoms with Crippen molar-refractivity contribution < 1.29 is 28.6 Å². The summed E-state index contributed by atoms with van der Waals surface area (Å²) in [6, 6.07) is 0. The SMILES string of the molecule is C=C(C)C(=O)OC(C)(CC)CC(C)OC(C)(C)P(=O)(O)O. The summed E-state index contributed by atoms with van der Waals surface area (Å²) in [5.41, 5.74) is -0.473. The first-order valence-electron chi connectivity index (χ1n) is 6.86. The van der Waals surface area contributed by atoms with Gasteiger partial charge in [-0.15, -0.1) is 0 Å². The molecule has 0 aliphatic heterocycles. The maximum Gasteiger partial charge on any atom is 0.356 e. The highest BCUT2D eigenvalue weighted by Gasteiger charge is 2.41. The topological polar surface area (TPSA) is 93.1 Å². The predicted octanol–water partition coefficient (Wildman–Crippen LogP) is 2.98. The minimum atomic E-state index is -4.38. The molecule has 0 saturated carbocycles. The highest BCUT2D eigenvalue weighted by atomic mass is 31.2. The second kappa shape index (κ2) is 7.05. The third kappa shape index (κ3) is 6.30. The number of hydrogen-bond donors (Lipinski definition) is 2. The van der Waals surface area contributed by atoms with E-state index in [0.717, 1.165) is 0 Å². The van der Waals surface area contributed by atoms with E-state index in [4.69, 9.17) is 9.47 Å². The molecular weight excluding hydrogens is 295 g/mol. The highest BCUT2D eigenvalue weighted by Crippen LogP contribution is 2.51. The van der Waals surface area contributed by atoms with Crippen LogP contribution in [0.5, 0.6) is 0 Å². The van der Waals surface area contributed by atoms with Gasteiger partial charge in [-0.25, -0.2) is 4.79 Å². The first-order valence-corrected chi connectivity index (χ1v) is 8.47. The first kappa shape index (κ1) is 20.3. The summed E-state index contributed by atoms with van der Waals surface area (Å²) in [5, 5.41) is -1.58. The predicted molar refractivity (Wildman–Crippen MR) is 80.9 cm³/mol. The van der Waals surface area contributed by atoms with Crippen molar-refractivity contribution in [2.45, 2.75) is 71.4 Å². The molecule has 124 valence electrons. The van der Waals surface area contributed by atoms with Crippen molar-refractivity contribution in [3.05, 3.63) is 12.2 Å². The number of ether oxygens (including phenoxy) is 2. The van der Waals surface area contributed by atoms with Crippen LogP contribution >= 0.6 is 7.60 Å². The van der Waals surface area contributed by atoms with Crippen LogP contribution in [0, 0.1) is 0 Å². The van der Waals surface area contributed by atoms with E-state index in [9.17, 15) is 19.1 Å². The lowest BCUT2D eigenvalue weighted by molar-refractivity contribution is -0.158. The van der Waals surface area contributed by atoms with Crippen LogP contribution < -0.4 is 0 Å². The molecule has 0 aromatic rings. The van der Waals surface area contributed by atoms with Crippen molar-refractivity contribution in [3.63, 3.8) is 0 Å². The molecule has 0 spiro atoms. The van der Waals surface area contributed by atoms with Gasteiger partial charge in [0, 0.05) is 12.0 Å². The molecule has 21 heavy (non-hydrogen) atoms. The summed E-state index contributed by atoms with van der Waals surface area (Å²) in [6.07, 6.45) is 0.387. The Balaban J connectivity index is 4.87. The Bertz CT molecular complexity index is 439. The summed E-state index contributed by atoms with van der Waals surface area (Å²) in [6.45, 7) is 13.1. The third-order valence-electron chi connectivity index (χ3n) is 3.35. The van der Waals surface area contributed by atoms with E-state index in [0.29, 0.717) is 18.4 Å². The quantitative estimate of drug-likeness (QED) is 0.405. The standard InChI is InChI=1S/C14H27O6P/c1-8-14(7,20-12(15)10(2)3)9-11(4)19-13(5,6)21(16,17)18/h11H,2,8-9H2,1,3-7H3,(H2,16,17,18). The average molecular weight is 322 g/mol. The second-order valence-corrected chi connectivity index (χ2v) is 8.26. The van der Waals surface area contributed by atoms with E-state index >= 15 is 0 Å². The van der Waals surface area contributed by atoms with Crippen LogP contribution in [0.2, 0.25) is 0 Å². The Morgan fingerprint density at radius 2 is 1.81 bits per heavy atom. The molecule has 0 saturated heterocycles. The van der Waals surface area contributed by atoms with Gasteiger partial charge in [-0.05, 0) is 41.0 Å². The monoisotopic (exact) mass is 322 g/mol. The van der Waals surface area contributed by atoms with Gasteiger partial charge in [-0.3, -0.25) is 4.57 Å². The van der Waals surface area contributed by atoms with Gasteiger partial charge >= 0.3 is 13.6 Å². The molecule has 0 fully saturated rings. The van der Waals surface area contributed by atoms with Gasteiger partial charge in [-0.2, -0.15) is 0 Å². The van der Waals surface area contributed by atoms with E-state index in [1.807, 2.05) is 6.92 Å². The van der Waals surface area contributed by atoms with Gasteiger partial charge in [0.2, 0.25) is 0 Å². The number of hydrogen-bond acceptors (Lipinski definition) is 4. The Hall–Kier alpha value is -0.680. The third-order valence-corrected chi connectivity index (χ3v) is 4.85. The van der Waals surface area contributed by atoms with Crippen LogP contribution in [0.1, 0.15) is 54.4 Å². The van der Waals surface area contributed by atoms with Crippen molar-refractivity contribution in [3.8, 4) is 0 Å². The maximum absolute atomic E-state index is 11.7. The Morgan fingerprint density at radius 1 is 1.33 bits per heavy atom. The van der Waals surface area contributed by atoms with Crippen molar-refractivity contribution in [2.75, 3.05) is 0 Å². The zero-order chi connectivity index (χ0) is 17.1. The highest BCUT2D eigenvalue weighted by molar-refractivity contribution is 7.53. The second-order valence-electron chi connectivity index (χ2n) is 6.10. The smallest absolute Gasteiger partial charge is 0.356 e. The molecule has 0 aromatic heterocycles. The van der Waals surface area contributed by atoms with E-state index in [-0.39, 0.29) is 0 Å². The molecule has 0 aromatic carbocycles. The molecule has 0 amide bonds. The molecule has 2 unspecified atom stereocenters. The number of carbonyl (C=O) groups excluding carboxylic acids is 1. The van der Waals surface area contributed by atoms with E-state index in [2.05, 4.69) is 6.58 Å². The maximum atomic E-state index is 11.7. The summed E-state index contributed by atoms with van der Waals surface area (Å²) in [4.78, 5) is 30.2. The number of esters is 1. The minimum absolute atomic E-state index is 0.304. The lowest BCUT2D eigenvalue weighted by atomic mass is 9.95. The minimum Gasteiger partial charge on any atom is -0.456 e. The fourth-order valence-electron chi connectivity index (χ4n) is 1.78. The summed E-state index contributed by atoms with van der Waals surface area (Å²) in [5.74, 6) is -0.485. The number of rotatable bonds is 8. The Morgan fingerprint density at radius 3 is 2.14 bits per heavy atom. The lowest BCUT2D eigenvalue weighted by Gasteiger charge is -2.35. The van der Waals surface area contributed by atoms with Crippen LogP contribution in [0.15, 0.2) is 12.2 Å². The molecule has 0 rings (SSSR count). The van der Waals surface area contributed by atoms with Crippen LogP contribution in [0.3, 0.4) is 0 Å². The van der Waals surface area contributed by atoms with Crippen LogP contribution in [-0.4, -0.2) is 32.8 Å². The Labute approximate surface area is 126 Å². The van der Waals surface area contributed by atoms with Gasteiger partial charge in [0.1, 0.15) is 5.60 Å². The van der Waals surface area contributed by atoms with Gasteiger partial charge in [-0.1, -0.05) is 13.5 Å². The zero-order valence-corrected chi connectivity index (χ0v) is 14.6. The molecular formula is C14H27O6P. The molecule has 7 heteroatoms. The summed E-state index contributed by atoms with van der Waals surface area (Å²) in [7, 11) is -4.38. The molecule has 2 atom stereocenters. The molecule has 0 aliphatic carbocycles. The van der Waals surface area contributed by atoms with Crippen molar-refractivity contribution in [2.24, 2.45) is 0 Å². The lowest BCUT2D eigenvalue weighted by Crippen LogP contribution is -2.38.